The molecule has 1 aromatic heterocycles. The van der Waals surface area contributed by atoms with Gasteiger partial charge in [0.15, 0.2) is 0 Å². The fraction of sp³-hybridized carbons (Fsp3) is 0.643. The van der Waals surface area contributed by atoms with E-state index >= 15 is 0 Å². The first-order valence-corrected chi connectivity index (χ1v) is 7.69. The number of ether oxygens (including phenoxy) is 1. The van der Waals surface area contributed by atoms with Gasteiger partial charge >= 0.3 is 0 Å². The number of anilines is 2. The van der Waals surface area contributed by atoms with Crippen molar-refractivity contribution in [3.63, 3.8) is 0 Å². The van der Waals surface area contributed by atoms with Crippen molar-refractivity contribution in [2.75, 3.05) is 30.4 Å². The van der Waals surface area contributed by atoms with Gasteiger partial charge in [0, 0.05) is 13.2 Å². The van der Waals surface area contributed by atoms with E-state index < -0.39 is 0 Å². The van der Waals surface area contributed by atoms with Crippen LogP contribution in [-0.2, 0) is 4.74 Å². The molecule has 6 heteroatoms. The molecule has 0 fully saturated rings. The summed E-state index contributed by atoms with van der Waals surface area (Å²) in [6.45, 7) is 10.3. The minimum Gasteiger partial charge on any atom is -0.380 e. The molecule has 0 aliphatic heterocycles. The molecule has 0 spiro atoms. The number of pyridine rings is 1. The molecule has 1 atom stereocenters. The van der Waals surface area contributed by atoms with Crippen LogP contribution in [0.4, 0.5) is 11.6 Å². The normalized spacial score (nSPS) is 12.6. The lowest BCUT2D eigenvalue weighted by Gasteiger charge is -2.23. The van der Waals surface area contributed by atoms with Gasteiger partial charge in [0.1, 0.15) is 11.6 Å². The highest BCUT2D eigenvalue weighted by molar-refractivity contribution is 6.37. The largest absolute Gasteiger partial charge is 0.380 e. The van der Waals surface area contributed by atoms with Crippen molar-refractivity contribution in [1.82, 2.24) is 4.98 Å². The smallest absolute Gasteiger partial charge is 0.147 e. The Labute approximate surface area is 131 Å². The molecule has 0 saturated heterocycles. The Morgan fingerprint density at radius 2 is 1.85 bits per heavy atom. The number of nitrogens with one attached hydrogen (secondary N) is 2. The van der Waals surface area contributed by atoms with Crippen molar-refractivity contribution in [3.8, 4) is 0 Å². The summed E-state index contributed by atoms with van der Waals surface area (Å²) >= 11 is 12.3. The van der Waals surface area contributed by atoms with Crippen molar-refractivity contribution < 1.29 is 4.74 Å². The van der Waals surface area contributed by atoms with Gasteiger partial charge in [0.2, 0.25) is 0 Å². The van der Waals surface area contributed by atoms with E-state index in [4.69, 9.17) is 27.9 Å². The summed E-state index contributed by atoms with van der Waals surface area (Å²) < 4.78 is 5.50. The summed E-state index contributed by atoms with van der Waals surface area (Å²) in [6.07, 6.45) is 0. The third-order valence-corrected chi connectivity index (χ3v) is 3.48. The molecule has 0 amide bonds. The van der Waals surface area contributed by atoms with E-state index in [1.165, 1.54) is 0 Å². The summed E-state index contributed by atoms with van der Waals surface area (Å²) in [4.78, 5) is 4.45. The molecule has 0 aliphatic rings. The Bertz CT molecular complexity index is 427. The number of halogens is 2. The molecule has 1 rings (SSSR count). The van der Waals surface area contributed by atoms with Gasteiger partial charge in [-0.2, -0.15) is 0 Å². The molecular formula is C14H23Cl2N3O. The Balaban J connectivity index is 2.90. The van der Waals surface area contributed by atoms with E-state index in [1.54, 1.807) is 6.07 Å². The summed E-state index contributed by atoms with van der Waals surface area (Å²) in [6, 6.07) is 1.85. The zero-order valence-corrected chi connectivity index (χ0v) is 14.0. The molecule has 0 saturated carbocycles. The fourth-order valence-corrected chi connectivity index (χ4v) is 2.16. The predicted molar refractivity (Wildman–Crippen MR) is 87.2 cm³/mol. The second-order valence-corrected chi connectivity index (χ2v) is 5.65. The topological polar surface area (TPSA) is 46.2 Å². The number of aromatic nitrogens is 1. The van der Waals surface area contributed by atoms with Gasteiger partial charge < -0.3 is 15.4 Å². The van der Waals surface area contributed by atoms with E-state index in [1.807, 2.05) is 13.8 Å². The van der Waals surface area contributed by atoms with Crippen LogP contribution in [0.15, 0.2) is 6.07 Å². The first-order chi connectivity index (χ1) is 9.49. The Hall–Kier alpha value is -0.710. The van der Waals surface area contributed by atoms with Crippen molar-refractivity contribution in [1.29, 1.82) is 0 Å². The molecule has 0 radical (unpaired) electrons. The predicted octanol–water partition coefficient (Wildman–Crippen LogP) is 4.29. The monoisotopic (exact) mass is 319 g/mol. The fourth-order valence-electron chi connectivity index (χ4n) is 1.68. The lowest BCUT2D eigenvalue weighted by molar-refractivity contribution is 0.126. The van der Waals surface area contributed by atoms with E-state index in [2.05, 4.69) is 29.5 Å². The van der Waals surface area contributed by atoms with Crippen LogP contribution in [0.5, 0.6) is 0 Å². The van der Waals surface area contributed by atoms with Crippen molar-refractivity contribution in [2.45, 2.75) is 33.7 Å². The van der Waals surface area contributed by atoms with Gasteiger partial charge in [-0.15, -0.1) is 0 Å². The molecule has 0 aromatic carbocycles. The summed E-state index contributed by atoms with van der Waals surface area (Å²) in [7, 11) is 0. The van der Waals surface area contributed by atoms with Crippen LogP contribution >= 0.6 is 23.2 Å². The SMILES string of the molecule is CCNc1nc(NC(COCC)C(C)C)c(Cl)cc1Cl. The molecule has 0 aliphatic carbocycles. The second-order valence-electron chi connectivity index (χ2n) is 4.83. The van der Waals surface area contributed by atoms with Gasteiger partial charge in [-0.1, -0.05) is 37.0 Å². The van der Waals surface area contributed by atoms with Crippen molar-refractivity contribution >= 4 is 34.8 Å². The molecule has 1 unspecified atom stereocenters. The highest BCUT2D eigenvalue weighted by Gasteiger charge is 2.17. The van der Waals surface area contributed by atoms with Gasteiger partial charge in [-0.3, -0.25) is 0 Å². The summed E-state index contributed by atoms with van der Waals surface area (Å²) in [5, 5.41) is 7.49. The number of nitrogens with zero attached hydrogens (tertiary/aromatic N) is 1. The van der Waals surface area contributed by atoms with Crippen LogP contribution in [0.25, 0.3) is 0 Å². The van der Waals surface area contributed by atoms with Crippen LogP contribution in [0.2, 0.25) is 10.0 Å². The second kappa shape index (κ2) is 8.55. The molecule has 1 heterocycles. The van der Waals surface area contributed by atoms with E-state index in [9.17, 15) is 0 Å². The van der Waals surface area contributed by atoms with E-state index in [0.717, 1.165) is 6.54 Å². The first-order valence-electron chi connectivity index (χ1n) is 6.93. The molecule has 20 heavy (non-hydrogen) atoms. The third kappa shape index (κ3) is 5.00. The zero-order chi connectivity index (χ0) is 15.1. The molecule has 0 bridgehead atoms. The minimum atomic E-state index is 0.149. The molecule has 4 nitrogen and oxygen atoms in total. The Kier molecular flexibility index (Phi) is 7.41. The van der Waals surface area contributed by atoms with Gasteiger partial charge in [0.05, 0.1) is 22.7 Å². The maximum absolute atomic E-state index is 6.21. The maximum atomic E-state index is 6.21. The van der Waals surface area contributed by atoms with E-state index in [0.29, 0.717) is 40.8 Å². The van der Waals surface area contributed by atoms with Crippen molar-refractivity contribution in [3.05, 3.63) is 16.1 Å². The number of rotatable bonds is 8. The van der Waals surface area contributed by atoms with Crippen LogP contribution in [0.3, 0.4) is 0 Å². The first kappa shape index (κ1) is 17.3. The third-order valence-electron chi connectivity index (χ3n) is 2.90. The summed E-state index contributed by atoms with van der Waals surface area (Å²) in [5.41, 5.74) is 0. The van der Waals surface area contributed by atoms with Crippen LogP contribution in [0.1, 0.15) is 27.7 Å². The lowest BCUT2D eigenvalue weighted by Crippen LogP contribution is -2.31. The number of hydrogen-bond acceptors (Lipinski definition) is 4. The minimum absolute atomic E-state index is 0.149. The summed E-state index contributed by atoms with van der Waals surface area (Å²) in [5.74, 6) is 1.67. The molecule has 2 N–H and O–H groups in total. The Morgan fingerprint density at radius 3 is 2.40 bits per heavy atom. The quantitative estimate of drug-likeness (QED) is 0.750. The average molecular weight is 320 g/mol. The molecular weight excluding hydrogens is 297 g/mol. The van der Waals surface area contributed by atoms with Crippen LogP contribution in [0, 0.1) is 5.92 Å². The zero-order valence-electron chi connectivity index (χ0n) is 12.5. The number of hydrogen-bond donors (Lipinski definition) is 2. The van der Waals surface area contributed by atoms with Gasteiger partial charge in [-0.05, 0) is 25.8 Å². The Morgan fingerprint density at radius 1 is 1.20 bits per heavy atom. The lowest BCUT2D eigenvalue weighted by atomic mass is 10.1. The van der Waals surface area contributed by atoms with Crippen molar-refractivity contribution in [2.24, 2.45) is 5.92 Å². The van der Waals surface area contributed by atoms with E-state index in [-0.39, 0.29) is 6.04 Å². The van der Waals surface area contributed by atoms with Crippen LogP contribution in [-0.4, -0.2) is 30.8 Å². The highest BCUT2D eigenvalue weighted by Crippen LogP contribution is 2.30. The standard InChI is InChI=1S/C14H23Cl2N3O/c1-5-17-13-10(15)7-11(16)14(19-13)18-12(9(3)4)8-20-6-2/h7,9,12H,5-6,8H2,1-4H3,(H2,17,18,19). The van der Waals surface area contributed by atoms with Gasteiger partial charge in [-0.25, -0.2) is 4.98 Å². The molecule has 1 aromatic rings. The molecule has 114 valence electrons. The highest BCUT2D eigenvalue weighted by atomic mass is 35.5. The average Bonchev–Trinajstić information content (AvgIpc) is 2.39. The maximum Gasteiger partial charge on any atom is 0.147 e. The van der Waals surface area contributed by atoms with Gasteiger partial charge in [0.25, 0.3) is 0 Å². The van der Waals surface area contributed by atoms with Crippen LogP contribution < -0.4 is 10.6 Å².